The van der Waals surface area contributed by atoms with E-state index in [0.29, 0.717) is 28.7 Å². The van der Waals surface area contributed by atoms with Gasteiger partial charge >= 0.3 is 0 Å². The molecule has 28 heavy (non-hydrogen) atoms. The van der Waals surface area contributed by atoms with Crippen molar-refractivity contribution in [3.8, 4) is 0 Å². The Labute approximate surface area is 169 Å². The first-order chi connectivity index (χ1) is 13.5. The van der Waals surface area contributed by atoms with E-state index in [2.05, 4.69) is 34.4 Å². The second kappa shape index (κ2) is 9.08. The molecule has 0 radical (unpaired) electrons. The lowest BCUT2D eigenvalue weighted by molar-refractivity contribution is 0.0944. The van der Waals surface area contributed by atoms with Crippen molar-refractivity contribution >= 4 is 40.0 Å². The number of benzene rings is 1. The highest BCUT2D eigenvalue weighted by molar-refractivity contribution is 6.31. The van der Waals surface area contributed by atoms with Gasteiger partial charge in [-0.3, -0.25) is 4.79 Å². The molecule has 2 heterocycles. The number of furan rings is 1. The van der Waals surface area contributed by atoms with E-state index in [1.54, 1.807) is 12.3 Å². The van der Waals surface area contributed by atoms with E-state index in [9.17, 15) is 4.79 Å². The summed E-state index contributed by atoms with van der Waals surface area (Å²) in [4.78, 5) is 19.4. The highest BCUT2D eigenvalue weighted by Gasteiger charge is 2.14. The number of aryl methyl sites for hydroxylation is 1. The van der Waals surface area contributed by atoms with Gasteiger partial charge in [-0.1, -0.05) is 31.5 Å². The number of halogens is 1. The van der Waals surface area contributed by atoms with Crippen LogP contribution in [0.2, 0.25) is 5.02 Å². The molecule has 0 fully saturated rings. The number of carbonyl (C=O) groups excluding carboxylic acids is 1. The highest BCUT2D eigenvalue weighted by atomic mass is 35.5. The van der Waals surface area contributed by atoms with Gasteiger partial charge < -0.3 is 20.0 Å². The molecule has 0 spiro atoms. The van der Waals surface area contributed by atoms with Crippen molar-refractivity contribution in [2.75, 3.05) is 31.5 Å². The number of hydrogen-bond donors (Lipinski definition) is 2. The van der Waals surface area contributed by atoms with Crippen LogP contribution in [-0.4, -0.2) is 42.0 Å². The van der Waals surface area contributed by atoms with Gasteiger partial charge in [-0.2, -0.15) is 0 Å². The zero-order valence-electron chi connectivity index (χ0n) is 16.4. The summed E-state index contributed by atoms with van der Waals surface area (Å²) in [7, 11) is 0. The Morgan fingerprint density at radius 3 is 2.71 bits per heavy atom. The smallest absolute Gasteiger partial charge is 0.270 e. The summed E-state index contributed by atoms with van der Waals surface area (Å²) >= 11 is 6.22. The molecule has 0 unspecified atom stereocenters. The fourth-order valence-corrected chi connectivity index (χ4v) is 3.12. The minimum absolute atomic E-state index is 0.226. The molecular weight excluding hydrogens is 376 g/mol. The Balaban J connectivity index is 1.80. The molecule has 3 rings (SSSR count). The average Bonchev–Trinajstić information content (AvgIpc) is 3.17. The van der Waals surface area contributed by atoms with Crippen molar-refractivity contribution in [3.05, 3.63) is 52.9 Å². The van der Waals surface area contributed by atoms with Gasteiger partial charge in [0.25, 0.3) is 5.91 Å². The van der Waals surface area contributed by atoms with Gasteiger partial charge in [-0.15, -0.1) is 0 Å². The maximum Gasteiger partial charge on any atom is 0.270 e. The lowest BCUT2D eigenvalue weighted by Gasteiger charge is -2.18. The summed E-state index contributed by atoms with van der Waals surface area (Å²) < 4.78 is 5.51. The molecule has 0 aliphatic rings. The molecule has 0 bridgehead atoms. The van der Waals surface area contributed by atoms with E-state index in [1.165, 1.54) is 0 Å². The van der Waals surface area contributed by atoms with Gasteiger partial charge in [0, 0.05) is 29.9 Å². The molecule has 148 valence electrons. The SMILES string of the molecule is CCN(CC)CCNC(=O)c1cc2occc2c(Nc2ccc(C)c(Cl)c2)n1. The van der Waals surface area contributed by atoms with Crippen LogP contribution in [0.1, 0.15) is 29.9 Å². The topological polar surface area (TPSA) is 70.4 Å². The van der Waals surface area contributed by atoms with Gasteiger partial charge in [0.15, 0.2) is 0 Å². The monoisotopic (exact) mass is 400 g/mol. The zero-order chi connectivity index (χ0) is 20.1. The van der Waals surface area contributed by atoms with Crippen LogP contribution in [-0.2, 0) is 0 Å². The van der Waals surface area contributed by atoms with Gasteiger partial charge in [0.1, 0.15) is 17.1 Å². The zero-order valence-corrected chi connectivity index (χ0v) is 17.1. The molecule has 0 aliphatic heterocycles. The number of rotatable bonds is 8. The largest absolute Gasteiger partial charge is 0.464 e. The molecule has 0 saturated heterocycles. The van der Waals surface area contributed by atoms with Crippen LogP contribution in [0.5, 0.6) is 0 Å². The predicted octanol–water partition coefficient (Wildman–Crippen LogP) is 4.60. The van der Waals surface area contributed by atoms with E-state index in [0.717, 1.165) is 36.3 Å². The number of amides is 1. The molecule has 2 aromatic heterocycles. The maximum absolute atomic E-state index is 12.6. The van der Waals surface area contributed by atoms with E-state index in [1.807, 2.05) is 31.2 Å². The molecule has 7 heteroatoms. The molecule has 0 aliphatic carbocycles. The summed E-state index contributed by atoms with van der Waals surface area (Å²) in [6.45, 7) is 9.43. The number of nitrogens with zero attached hydrogens (tertiary/aromatic N) is 2. The summed E-state index contributed by atoms with van der Waals surface area (Å²) in [5.74, 6) is 0.329. The van der Waals surface area contributed by atoms with Crippen molar-refractivity contribution < 1.29 is 9.21 Å². The predicted molar refractivity (Wildman–Crippen MR) is 114 cm³/mol. The van der Waals surface area contributed by atoms with Crippen molar-refractivity contribution in [1.29, 1.82) is 0 Å². The minimum atomic E-state index is -0.226. The van der Waals surface area contributed by atoms with Crippen LogP contribution in [0.15, 0.2) is 41.0 Å². The number of carbonyl (C=O) groups is 1. The molecule has 0 atom stereocenters. The first-order valence-corrected chi connectivity index (χ1v) is 9.81. The van der Waals surface area contributed by atoms with Crippen LogP contribution >= 0.6 is 11.6 Å². The third-order valence-corrected chi connectivity index (χ3v) is 5.13. The van der Waals surface area contributed by atoms with Crippen molar-refractivity contribution in [2.45, 2.75) is 20.8 Å². The highest BCUT2D eigenvalue weighted by Crippen LogP contribution is 2.28. The second-order valence-electron chi connectivity index (χ2n) is 6.56. The van der Waals surface area contributed by atoms with Crippen LogP contribution < -0.4 is 10.6 Å². The van der Waals surface area contributed by atoms with Crippen LogP contribution in [0.4, 0.5) is 11.5 Å². The quantitative estimate of drug-likeness (QED) is 0.578. The summed E-state index contributed by atoms with van der Waals surface area (Å²) in [5, 5.41) is 7.64. The third kappa shape index (κ3) is 4.64. The van der Waals surface area contributed by atoms with E-state index < -0.39 is 0 Å². The number of aromatic nitrogens is 1. The summed E-state index contributed by atoms with van der Waals surface area (Å²) in [5.41, 5.74) is 2.70. The molecule has 2 N–H and O–H groups in total. The molecule has 1 amide bonds. The number of likely N-dealkylation sites (N-methyl/N-ethyl adjacent to an activating group) is 1. The Bertz CT molecular complexity index is 966. The molecule has 3 aromatic rings. The van der Waals surface area contributed by atoms with Crippen molar-refractivity contribution in [1.82, 2.24) is 15.2 Å². The Kier molecular flexibility index (Phi) is 6.54. The fraction of sp³-hybridized carbons (Fsp3) is 0.333. The first kappa shape index (κ1) is 20.2. The Morgan fingerprint density at radius 2 is 2.00 bits per heavy atom. The number of anilines is 2. The normalized spacial score (nSPS) is 11.2. The van der Waals surface area contributed by atoms with Gasteiger partial charge in [0.05, 0.1) is 11.6 Å². The Morgan fingerprint density at radius 1 is 1.21 bits per heavy atom. The van der Waals surface area contributed by atoms with Crippen molar-refractivity contribution in [3.63, 3.8) is 0 Å². The third-order valence-electron chi connectivity index (χ3n) is 4.73. The number of hydrogen-bond acceptors (Lipinski definition) is 5. The van der Waals surface area contributed by atoms with Gasteiger partial charge in [-0.05, 0) is 43.8 Å². The van der Waals surface area contributed by atoms with E-state index >= 15 is 0 Å². The molecule has 0 saturated carbocycles. The first-order valence-electron chi connectivity index (χ1n) is 9.43. The van der Waals surface area contributed by atoms with Crippen LogP contribution in [0.3, 0.4) is 0 Å². The van der Waals surface area contributed by atoms with Crippen LogP contribution in [0, 0.1) is 6.92 Å². The number of pyridine rings is 1. The van der Waals surface area contributed by atoms with Crippen molar-refractivity contribution in [2.24, 2.45) is 0 Å². The Hall–Kier alpha value is -2.57. The minimum Gasteiger partial charge on any atom is -0.464 e. The summed E-state index contributed by atoms with van der Waals surface area (Å²) in [6, 6.07) is 9.17. The van der Waals surface area contributed by atoms with E-state index in [-0.39, 0.29) is 5.91 Å². The average molecular weight is 401 g/mol. The maximum atomic E-state index is 12.6. The lowest BCUT2D eigenvalue weighted by Crippen LogP contribution is -2.35. The molecule has 1 aromatic carbocycles. The number of nitrogens with one attached hydrogen (secondary N) is 2. The second-order valence-corrected chi connectivity index (χ2v) is 6.97. The molecule has 6 nitrogen and oxygen atoms in total. The fourth-order valence-electron chi connectivity index (χ4n) is 2.94. The lowest BCUT2D eigenvalue weighted by atomic mass is 10.2. The van der Waals surface area contributed by atoms with Gasteiger partial charge in [0.2, 0.25) is 0 Å². The van der Waals surface area contributed by atoms with Crippen LogP contribution in [0.25, 0.3) is 11.0 Å². The van der Waals surface area contributed by atoms with E-state index in [4.69, 9.17) is 16.0 Å². The number of fused-ring (bicyclic) bond motifs is 1. The van der Waals surface area contributed by atoms with Gasteiger partial charge in [-0.25, -0.2) is 4.98 Å². The summed E-state index contributed by atoms with van der Waals surface area (Å²) in [6.07, 6.45) is 1.59. The molecular formula is C21H25ClN4O2. The standard InChI is InChI=1S/C21H25ClN4O2/c1-4-26(5-2)10-9-23-21(27)18-13-19-16(8-11-28-19)20(25-18)24-15-7-6-14(3)17(22)12-15/h6-8,11-13H,4-5,9-10H2,1-3H3,(H,23,27)(H,24,25).